The topological polar surface area (TPSA) is 38.9 Å². The van der Waals surface area contributed by atoms with Crippen molar-refractivity contribution < 1.29 is 4.42 Å². The first-order valence-corrected chi connectivity index (χ1v) is 5.00. The summed E-state index contributed by atoms with van der Waals surface area (Å²) >= 11 is 10.00. The summed E-state index contributed by atoms with van der Waals surface area (Å²) in [6, 6.07) is 7.33. The number of halogens is 1. The van der Waals surface area contributed by atoms with E-state index >= 15 is 0 Å². The number of hydrogen-bond donors (Lipinski definition) is 1. The second-order valence-electron chi connectivity index (χ2n) is 2.64. The highest BCUT2D eigenvalue weighted by Crippen LogP contribution is 2.26. The highest BCUT2D eigenvalue weighted by atomic mass is 35.5. The Balaban J connectivity index is 2.44. The minimum Gasteiger partial charge on any atom is -0.420 e. The molecule has 0 spiro atoms. The molecular formula is C9H7ClN2OS. The Morgan fingerprint density at radius 3 is 2.71 bits per heavy atom. The van der Waals surface area contributed by atoms with Gasteiger partial charge in [0.2, 0.25) is 11.8 Å². The summed E-state index contributed by atoms with van der Waals surface area (Å²) in [6.07, 6.45) is 0. The van der Waals surface area contributed by atoms with Gasteiger partial charge in [0.05, 0.1) is 16.3 Å². The molecular weight excluding hydrogens is 220 g/mol. The van der Waals surface area contributed by atoms with Crippen molar-refractivity contribution in [2.24, 2.45) is 0 Å². The SMILES string of the molecule is SCc1nnc(-c2ccccc2Cl)o1. The van der Waals surface area contributed by atoms with Gasteiger partial charge in [0.15, 0.2) is 0 Å². The standard InChI is InChI=1S/C9H7ClN2OS/c10-7-4-2-1-3-6(7)9-12-11-8(5-14)13-9/h1-4,14H,5H2. The molecule has 1 aromatic carbocycles. The zero-order chi connectivity index (χ0) is 9.97. The lowest BCUT2D eigenvalue weighted by molar-refractivity contribution is 0.529. The molecule has 1 aromatic heterocycles. The minimum atomic E-state index is 0.428. The van der Waals surface area contributed by atoms with E-state index in [4.69, 9.17) is 16.0 Å². The summed E-state index contributed by atoms with van der Waals surface area (Å²) in [4.78, 5) is 0. The van der Waals surface area contributed by atoms with Crippen molar-refractivity contribution in [1.82, 2.24) is 10.2 Å². The maximum absolute atomic E-state index is 5.96. The molecule has 72 valence electrons. The predicted molar refractivity (Wildman–Crippen MR) is 57.4 cm³/mol. The molecule has 2 rings (SSSR count). The van der Waals surface area contributed by atoms with Crippen molar-refractivity contribution in [2.75, 3.05) is 0 Å². The van der Waals surface area contributed by atoms with Gasteiger partial charge in [-0.3, -0.25) is 0 Å². The predicted octanol–water partition coefficient (Wildman–Crippen LogP) is 2.82. The molecule has 1 heterocycles. The third kappa shape index (κ3) is 1.76. The maximum atomic E-state index is 5.96. The van der Waals surface area contributed by atoms with Crippen LogP contribution in [0.3, 0.4) is 0 Å². The Kier molecular flexibility index (Phi) is 2.74. The van der Waals surface area contributed by atoms with E-state index in [9.17, 15) is 0 Å². The molecule has 5 heteroatoms. The van der Waals surface area contributed by atoms with Crippen molar-refractivity contribution in [1.29, 1.82) is 0 Å². The van der Waals surface area contributed by atoms with Crippen molar-refractivity contribution in [2.45, 2.75) is 5.75 Å². The van der Waals surface area contributed by atoms with E-state index in [1.807, 2.05) is 18.2 Å². The number of nitrogens with zero attached hydrogens (tertiary/aromatic N) is 2. The number of hydrogen-bond acceptors (Lipinski definition) is 4. The third-order valence-corrected chi connectivity index (χ3v) is 2.31. The van der Waals surface area contributed by atoms with Crippen LogP contribution < -0.4 is 0 Å². The number of thiol groups is 1. The van der Waals surface area contributed by atoms with Crippen LogP contribution in [-0.4, -0.2) is 10.2 Å². The molecule has 0 fully saturated rings. The molecule has 0 amide bonds. The summed E-state index contributed by atoms with van der Waals surface area (Å²) in [5, 5.41) is 8.27. The summed E-state index contributed by atoms with van der Waals surface area (Å²) in [5.74, 6) is 1.35. The number of benzene rings is 1. The van der Waals surface area contributed by atoms with Crippen LogP contribution in [0, 0.1) is 0 Å². The van der Waals surface area contributed by atoms with E-state index in [1.165, 1.54) is 0 Å². The number of rotatable bonds is 2. The van der Waals surface area contributed by atoms with Crippen LogP contribution in [0.5, 0.6) is 0 Å². The lowest BCUT2D eigenvalue weighted by Crippen LogP contribution is -1.78. The Morgan fingerprint density at radius 2 is 2.07 bits per heavy atom. The van der Waals surface area contributed by atoms with Gasteiger partial charge in [0.1, 0.15) is 0 Å². The lowest BCUT2D eigenvalue weighted by atomic mass is 10.2. The zero-order valence-corrected chi connectivity index (χ0v) is 8.79. The van der Waals surface area contributed by atoms with E-state index in [0.29, 0.717) is 22.6 Å². The molecule has 0 N–H and O–H groups in total. The largest absolute Gasteiger partial charge is 0.420 e. The fourth-order valence-corrected chi connectivity index (χ4v) is 1.41. The van der Waals surface area contributed by atoms with Crippen molar-refractivity contribution >= 4 is 24.2 Å². The number of aromatic nitrogens is 2. The molecule has 0 aliphatic carbocycles. The van der Waals surface area contributed by atoms with Crippen LogP contribution in [-0.2, 0) is 5.75 Å². The molecule has 2 aromatic rings. The Bertz CT molecular complexity index is 444. The van der Waals surface area contributed by atoms with Gasteiger partial charge in [-0.15, -0.1) is 10.2 Å². The molecule has 0 aliphatic heterocycles. The van der Waals surface area contributed by atoms with E-state index in [0.717, 1.165) is 5.56 Å². The van der Waals surface area contributed by atoms with Gasteiger partial charge in [-0.1, -0.05) is 23.7 Å². The van der Waals surface area contributed by atoms with Crippen molar-refractivity contribution in [3.05, 3.63) is 35.2 Å². The van der Waals surface area contributed by atoms with Gasteiger partial charge >= 0.3 is 0 Å². The van der Waals surface area contributed by atoms with Gasteiger partial charge < -0.3 is 4.42 Å². The maximum Gasteiger partial charge on any atom is 0.249 e. The lowest BCUT2D eigenvalue weighted by Gasteiger charge is -1.96. The van der Waals surface area contributed by atoms with Gasteiger partial charge in [0, 0.05) is 0 Å². The summed E-state index contributed by atoms with van der Waals surface area (Å²) in [7, 11) is 0. The molecule has 0 radical (unpaired) electrons. The molecule has 0 bridgehead atoms. The van der Waals surface area contributed by atoms with Crippen molar-refractivity contribution in [3.8, 4) is 11.5 Å². The van der Waals surface area contributed by atoms with Crippen LogP contribution in [0.1, 0.15) is 5.89 Å². The average molecular weight is 227 g/mol. The highest BCUT2D eigenvalue weighted by molar-refractivity contribution is 7.79. The second kappa shape index (κ2) is 4.02. The highest BCUT2D eigenvalue weighted by Gasteiger charge is 2.09. The third-order valence-electron chi connectivity index (χ3n) is 1.71. The molecule has 0 unspecified atom stereocenters. The van der Waals surface area contributed by atoms with Gasteiger partial charge in [-0.2, -0.15) is 12.6 Å². The van der Waals surface area contributed by atoms with Gasteiger partial charge in [-0.05, 0) is 12.1 Å². The molecule has 0 saturated heterocycles. The normalized spacial score (nSPS) is 10.4. The Morgan fingerprint density at radius 1 is 1.29 bits per heavy atom. The first-order valence-electron chi connectivity index (χ1n) is 3.99. The van der Waals surface area contributed by atoms with Gasteiger partial charge in [0.25, 0.3) is 0 Å². The van der Waals surface area contributed by atoms with Crippen LogP contribution in [0.4, 0.5) is 0 Å². The minimum absolute atomic E-state index is 0.428. The smallest absolute Gasteiger partial charge is 0.249 e. The fraction of sp³-hybridized carbons (Fsp3) is 0.111. The van der Waals surface area contributed by atoms with E-state index in [2.05, 4.69) is 22.8 Å². The Hall–Kier alpha value is -1.00. The Labute approximate surface area is 91.5 Å². The first-order chi connectivity index (χ1) is 6.81. The van der Waals surface area contributed by atoms with E-state index < -0.39 is 0 Å². The molecule has 0 atom stereocenters. The quantitative estimate of drug-likeness (QED) is 0.801. The van der Waals surface area contributed by atoms with Crippen LogP contribution >= 0.6 is 24.2 Å². The van der Waals surface area contributed by atoms with Crippen molar-refractivity contribution in [3.63, 3.8) is 0 Å². The van der Waals surface area contributed by atoms with Crippen LogP contribution in [0.25, 0.3) is 11.5 Å². The summed E-state index contributed by atoms with van der Waals surface area (Å²) in [5.41, 5.74) is 0.745. The second-order valence-corrected chi connectivity index (χ2v) is 3.36. The zero-order valence-electron chi connectivity index (χ0n) is 7.14. The van der Waals surface area contributed by atoms with Crippen LogP contribution in [0.2, 0.25) is 5.02 Å². The van der Waals surface area contributed by atoms with Crippen LogP contribution in [0.15, 0.2) is 28.7 Å². The first kappa shape index (κ1) is 9.55. The summed E-state index contributed by atoms with van der Waals surface area (Å²) in [6.45, 7) is 0. The molecule has 0 saturated carbocycles. The summed E-state index contributed by atoms with van der Waals surface area (Å²) < 4.78 is 5.32. The molecule has 0 aliphatic rings. The fourth-order valence-electron chi connectivity index (χ4n) is 1.06. The average Bonchev–Trinajstić information content (AvgIpc) is 2.67. The molecule has 14 heavy (non-hydrogen) atoms. The van der Waals surface area contributed by atoms with Gasteiger partial charge in [-0.25, -0.2) is 0 Å². The monoisotopic (exact) mass is 226 g/mol. The van der Waals surface area contributed by atoms with E-state index in [-0.39, 0.29) is 0 Å². The van der Waals surface area contributed by atoms with E-state index in [1.54, 1.807) is 6.07 Å². The molecule has 3 nitrogen and oxygen atoms in total.